The molecule has 0 aliphatic heterocycles. The van der Waals surface area contributed by atoms with Crippen LogP contribution >= 0.6 is 11.3 Å². The lowest BCUT2D eigenvalue weighted by atomic mass is 10.1. The maximum absolute atomic E-state index is 13.8. The van der Waals surface area contributed by atoms with Gasteiger partial charge in [-0.1, -0.05) is 19.1 Å². The normalized spacial score (nSPS) is 10.8. The molecule has 18 heavy (non-hydrogen) atoms. The van der Waals surface area contributed by atoms with E-state index in [-0.39, 0.29) is 5.82 Å². The van der Waals surface area contributed by atoms with Gasteiger partial charge in [0.25, 0.3) is 0 Å². The number of aryl methyl sites for hydroxylation is 1. The fourth-order valence-corrected chi connectivity index (χ4v) is 3.03. The van der Waals surface area contributed by atoms with Crippen molar-refractivity contribution < 1.29 is 4.39 Å². The molecule has 0 atom stereocenters. The maximum Gasteiger partial charge on any atom is 0.132 e. The Labute approximate surface area is 112 Å². The molecule has 1 aromatic heterocycles. The molecule has 0 aliphatic rings. The van der Waals surface area contributed by atoms with Crippen molar-refractivity contribution in [1.82, 2.24) is 5.32 Å². The van der Waals surface area contributed by atoms with E-state index >= 15 is 0 Å². The van der Waals surface area contributed by atoms with Crippen molar-refractivity contribution in [2.45, 2.75) is 26.8 Å². The van der Waals surface area contributed by atoms with E-state index in [4.69, 9.17) is 0 Å². The first-order valence-corrected chi connectivity index (χ1v) is 7.09. The molecule has 1 heterocycles. The molecule has 96 valence electrons. The molecule has 2 rings (SSSR count). The summed E-state index contributed by atoms with van der Waals surface area (Å²) in [6.45, 7) is 5.99. The Morgan fingerprint density at radius 2 is 2.06 bits per heavy atom. The minimum absolute atomic E-state index is 0.134. The van der Waals surface area contributed by atoms with Gasteiger partial charge in [0, 0.05) is 21.9 Å². The van der Waals surface area contributed by atoms with E-state index in [2.05, 4.69) is 18.3 Å². The van der Waals surface area contributed by atoms with Crippen molar-refractivity contribution in [3.8, 4) is 10.4 Å². The lowest BCUT2D eigenvalue weighted by Crippen LogP contribution is -2.12. The molecule has 1 nitrogen and oxygen atoms in total. The summed E-state index contributed by atoms with van der Waals surface area (Å²) in [7, 11) is 0. The van der Waals surface area contributed by atoms with Crippen LogP contribution in [-0.2, 0) is 6.54 Å². The summed E-state index contributed by atoms with van der Waals surface area (Å²) in [5, 5.41) is 3.36. The third-order valence-corrected chi connectivity index (χ3v) is 3.96. The molecule has 0 spiro atoms. The van der Waals surface area contributed by atoms with Crippen LogP contribution in [0.25, 0.3) is 10.4 Å². The number of benzene rings is 1. The number of halogens is 1. The highest BCUT2D eigenvalue weighted by molar-refractivity contribution is 7.15. The number of thiophene rings is 1. The Bertz CT molecular complexity index is 499. The van der Waals surface area contributed by atoms with Crippen molar-refractivity contribution in [3.05, 3.63) is 46.6 Å². The summed E-state index contributed by atoms with van der Waals surface area (Å²) in [5.41, 5.74) is 1.73. The molecule has 0 bridgehead atoms. The predicted molar refractivity (Wildman–Crippen MR) is 76.4 cm³/mol. The van der Waals surface area contributed by atoms with Gasteiger partial charge in [-0.25, -0.2) is 4.39 Å². The van der Waals surface area contributed by atoms with Crippen LogP contribution in [0.5, 0.6) is 0 Å². The Kier molecular flexibility index (Phi) is 4.50. The summed E-state index contributed by atoms with van der Waals surface area (Å²) < 4.78 is 13.8. The van der Waals surface area contributed by atoms with E-state index in [1.54, 1.807) is 17.4 Å². The van der Waals surface area contributed by atoms with Crippen LogP contribution in [-0.4, -0.2) is 6.54 Å². The Hall–Kier alpha value is -1.19. The second-order valence-corrected chi connectivity index (χ2v) is 5.54. The summed E-state index contributed by atoms with van der Waals surface area (Å²) in [5.74, 6) is -0.134. The van der Waals surface area contributed by atoms with E-state index in [1.807, 2.05) is 19.1 Å². The lowest BCUT2D eigenvalue weighted by molar-refractivity contribution is 0.630. The zero-order valence-electron chi connectivity index (χ0n) is 10.8. The summed E-state index contributed by atoms with van der Waals surface area (Å²) in [4.78, 5) is 2.26. The van der Waals surface area contributed by atoms with Crippen molar-refractivity contribution in [2.24, 2.45) is 0 Å². The van der Waals surface area contributed by atoms with E-state index in [0.717, 1.165) is 35.5 Å². The molecule has 0 unspecified atom stereocenters. The molecule has 3 heteroatoms. The van der Waals surface area contributed by atoms with E-state index in [1.165, 1.54) is 10.9 Å². The van der Waals surface area contributed by atoms with Crippen molar-refractivity contribution in [3.63, 3.8) is 0 Å². The number of rotatable bonds is 5. The maximum atomic E-state index is 13.8. The smallest absolute Gasteiger partial charge is 0.132 e. The van der Waals surface area contributed by atoms with Crippen LogP contribution in [0.3, 0.4) is 0 Å². The first-order valence-electron chi connectivity index (χ1n) is 6.27. The highest BCUT2D eigenvalue weighted by atomic mass is 32.1. The predicted octanol–water partition coefficient (Wildman–Crippen LogP) is 4.36. The van der Waals surface area contributed by atoms with Gasteiger partial charge in [-0.05, 0) is 43.7 Å². The van der Waals surface area contributed by atoms with Crippen LogP contribution in [0.4, 0.5) is 4.39 Å². The van der Waals surface area contributed by atoms with Gasteiger partial charge >= 0.3 is 0 Å². The minimum atomic E-state index is -0.134. The van der Waals surface area contributed by atoms with Gasteiger partial charge in [0.15, 0.2) is 0 Å². The van der Waals surface area contributed by atoms with Crippen molar-refractivity contribution >= 4 is 11.3 Å². The van der Waals surface area contributed by atoms with Crippen LogP contribution in [0.1, 0.15) is 23.8 Å². The van der Waals surface area contributed by atoms with Gasteiger partial charge in [0.05, 0.1) is 0 Å². The second kappa shape index (κ2) is 6.12. The van der Waals surface area contributed by atoms with Gasteiger partial charge in [-0.2, -0.15) is 0 Å². The molecule has 2 aromatic rings. The molecule has 0 amide bonds. The SMILES string of the molecule is CCCNCc1ccc(-c2c(C)cccc2F)s1. The molecule has 0 radical (unpaired) electrons. The Morgan fingerprint density at radius 1 is 1.22 bits per heavy atom. The van der Waals surface area contributed by atoms with Gasteiger partial charge < -0.3 is 5.32 Å². The van der Waals surface area contributed by atoms with Gasteiger partial charge in [-0.3, -0.25) is 0 Å². The summed E-state index contributed by atoms with van der Waals surface area (Å²) in [6.07, 6.45) is 1.13. The molecular formula is C15H18FNS. The summed E-state index contributed by atoms with van der Waals surface area (Å²) in [6, 6.07) is 9.32. The number of nitrogens with one attached hydrogen (secondary N) is 1. The monoisotopic (exact) mass is 263 g/mol. The van der Waals surface area contributed by atoms with Crippen LogP contribution in [0, 0.1) is 12.7 Å². The van der Waals surface area contributed by atoms with E-state index < -0.39 is 0 Å². The Balaban J connectivity index is 2.19. The molecular weight excluding hydrogens is 245 g/mol. The van der Waals surface area contributed by atoms with Crippen LogP contribution in [0.15, 0.2) is 30.3 Å². The third-order valence-electron chi connectivity index (χ3n) is 2.86. The average molecular weight is 263 g/mol. The molecule has 0 aliphatic carbocycles. The van der Waals surface area contributed by atoms with Crippen LogP contribution in [0.2, 0.25) is 0 Å². The minimum Gasteiger partial charge on any atom is -0.312 e. The van der Waals surface area contributed by atoms with Crippen LogP contribution < -0.4 is 5.32 Å². The van der Waals surface area contributed by atoms with E-state index in [0.29, 0.717) is 0 Å². The third kappa shape index (κ3) is 2.98. The highest BCUT2D eigenvalue weighted by Gasteiger charge is 2.10. The average Bonchev–Trinajstić information content (AvgIpc) is 2.78. The fraction of sp³-hybridized carbons (Fsp3) is 0.333. The summed E-state index contributed by atoms with van der Waals surface area (Å²) >= 11 is 1.66. The molecule has 0 fully saturated rings. The first kappa shape index (κ1) is 13.2. The fourth-order valence-electron chi connectivity index (χ4n) is 1.94. The highest BCUT2D eigenvalue weighted by Crippen LogP contribution is 2.32. The van der Waals surface area contributed by atoms with E-state index in [9.17, 15) is 4.39 Å². The molecule has 0 saturated heterocycles. The van der Waals surface area contributed by atoms with Gasteiger partial charge in [0.2, 0.25) is 0 Å². The Morgan fingerprint density at radius 3 is 2.78 bits per heavy atom. The first-order chi connectivity index (χ1) is 8.72. The zero-order valence-corrected chi connectivity index (χ0v) is 11.6. The molecule has 1 N–H and O–H groups in total. The van der Waals surface area contributed by atoms with Gasteiger partial charge in [-0.15, -0.1) is 11.3 Å². The lowest BCUT2D eigenvalue weighted by Gasteiger charge is -2.04. The topological polar surface area (TPSA) is 12.0 Å². The standard InChI is InChI=1S/C15H18FNS/c1-3-9-17-10-12-7-8-14(18-12)15-11(2)5-4-6-13(15)16/h4-8,17H,3,9-10H2,1-2H3. The second-order valence-electron chi connectivity index (χ2n) is 4.37. The quantitative estimate of drug-likeness (QED) is 0.790. The zero-order chi connectivity index (χ0) is 13.0. The van der Waals surface area contributed by atoms with Gasteiger partial charge in [0.1, 0.15) is 5.82 Å². The largest absolute Gasteiger partial charge is 0.312 e. The van der Waals surface area contributed by atoms with Crippen molar-refractivity contribution in [1.29, 1.82) is 0 Å². The molecule has 0 saturated carbocycles. The number of hydrogen-bond donors (Lipinski definition) is 1. The number of hydrogen-bond acceptors (Lipinski definition) is 2. The van der Waals surface area contributed by atoms with Crippen molar-refractivity contribution in [2.75, 3.05) is 6.54 Å². The molecule has 1 aromatic carbocycles.